The van der Waals surface area contributed by atoms with Crippen molar-refractivity contribution in [2.24, 2.45) is 0 Å². The number of carbonyl (C=O) groups is 1. The molecule has 5 nitrogen and oxygen atoms in total. The zero-order chi connectivity index (χ0) is 20.0. The molecule has 0 N–H and O–H groups in total. The summed E-state index contributed by atoms with van der Waals surface area (Å²) in [6.45, 7) is 9.75. The van der Waals surface area contributed by atoms with E-state index >= 15 is 0 Å². The van der Waals surface area contributed by atoms with Gasteiger partial charge in [0, 0.05) is 19.6 Å². The van der Waals surface area contributed by atoms with Crippen molar-refractivity contribution in [3.8, 4) is 0 Å². The van der Waals surface area contributed by atoms with Crippen LogP contribution < -0.4 is 0 Å². The van der Waals surface area contributed by atoms with Crippen LogP contribution in [0, 0.1) is 0 Å². The van der Waals surface area contributed by atoms with E-state index in [1.54, 1.807) is 0 Å². The Morgan fingerprint density at radius 2 is 1.07 bits per heavy atom. The maximum Gasteiger partial charge on any atom is 0.306 e. The molecule has 5 heteroatoms. The van der Waals surface area contributed by atoms with Crippen molar-refractivity contribution in [1.82, 2.24) is 0 Å². The van der Waals surface area contributed by atoms with Gasteiger partial charge in [-0.25, -0.2) is 0 Å². The Kier molecular flexibility index (Phi) is 21.1. The number of rotatable bonds is 21. The molecule has 0 fully saturated rings. The number of esters is 1. The number of carbonyl (C=O) groups excluding carboxylic acids is 1. The maximum atomic E-state index is 11.3. The summed E-state index contributed by atoms with van der Waals surface area (Å²) in [5.41, 5.74) is 0. The third-order valence-electron chi connectivity index (χ3n) is 4.17. The van der Waals surface area contributed by atoms with Gasteiger partial charge in [0.1, 0.15) is 0 Å². The molecule has 0 saturated carbocycles. The van der Waals surface area contributed by atoms with E-state index in [2.05, 4.69) is 6.92 Å². The van der Waals surface area contributed by atoms with Gasteiger partial charge in [0.2, 0.25) is 0 Å². The highest BCUT2D eigenvalue weighted by molar-refractivity contribution is 5.69. The topological polar surface area (TPSA) is 54.0 Å². The van der Waals surface area contributed by atoms with Crippen LogP contribution in [0.15, 0.2) is 0 Å². The van der Waals surface area contributed by atoms with Crippen molar-refractivity contribution in [3.63, 3.8) is 0 Å². The number of unbranched alkanes of at least 4 members (excludes halogenated alkanes) is 8. The van der Waals surface area contributed by atoms with Gasteiger partial charge in [-0.2, -0.15) is 0 Å². The molecule has 0 unspecified atom stereocenters. The fourth-order valence-corrected chi connectivity index (χ4v) is 2.70. The molecule has 0 heterocycles. The molecule has 0 aromatic heterocycles. The molecule has 0 rings (SSSR count). The smallest absolute Gasteiger partial charge is 0.306 e. The first-order valence-electron chi connectivity index (χ1n) is 11.1. The van der Waals surface area contributed by atoms with E-state index in [9.17, 15) is 4.79 Å². The molecule has 27 heavy (non-hydrogen) atoms. The van der Waals surface area contributed by atoms with Gasteiger partial charge in [-0.15, -0.1) is 0 Å². The quantitative estimate of drug-likeness (QED) is 0.197. The van der Waals surface area contributed by atoms with Crippen LogP contribution in [-0.2, 0) is 23.7 Å². The summed E-state index contributed by atoms with van der Waals surface area (Å²) in [6, 6.07) is 0. The molecule has 0 aliphatic rings. The Morgan fingerprint density at radius 1 is 0.630 bits per heavy atom. The van der Waals surface area contributed by atoms with Crippen LogP contribution in [0.2, 0.25) is 0 Å². The normalized spacial score (nSPS) is 11.3. The molecule has 0 aliphatic carbocycles. The summed E-state index contributed by atoms with van der Waals surface area (Å²) >= 11 is 0. The van der Waals surface area contributed by atoms with Crippen LogP contribution in [0.5, 0.6) is 0 Å². The van der Waals surface area contributed by atoms with Crippen molar-refractivity contribution in [1.29, 1.82) is 0 Å². The molecule has 0 atom stereocenters. The molecule has 162 valence electrons. The predicted octanol–water partition coefficient (Wildman–Crippen LogP) is 5.30. The molecule has 0 aliphatic heterocycles. The SMILES string of the molecule is CCCCCCCCCCCOCCOCCOCCCC(=O)OC(C)C. The molecule has 0 spiro atoms. The monoisotopic (exact) mass is 388 g/mol. The van der Waals surface area contributed by atoms with E-state index in [1.165, 1.54) is 51.4 Å². The standard InChI is InChI=1S/C22H44O5/c1-4-5-6-7-8-9-10-11-12-15-24-17-19-26-20-18-25-16-13-14-22(23)27-21(2)3/h21H,4-20H2,1-3H3. The van der Waals surface area contributed by atoms with Gasteiger partial charge in [-0.1, -0.05) is 58.3 Å². The third kappa shape index (κ3) is 23.3. The van der Waals surface area contributed by atoms with Crippen LogP contribution >= 0.6 is 0 Å². The minimum atomic E-state index is -0.158. The lowest BCUT2D eigenvalue weighted by atomic mass is 10.1. The van der Waals surface area contributed by atoms with Crippen molar-refractivity contribution in [2.75, 3.05) is 39.6 Å². The molecule has 0 saturated heterocycles. The first kappa shape index (κ1) is 26.4. The van der Waals surface area contributed by atoms with Crippen LogP contribution in [-0.4, -0.2) is 51.7 Å². The first-order valence-corrected chi connectivity index (χ1v) is 11.1. The van der Waals surface area contributed by atoms with Gasteiger partial charge in [0.15, 0.2) is 0 Å². The predicted molar refractivity (Wildman–Crippen MR) is 110 cm³/mol. The minimum Gasteiger partial charge on any atom is -0.463 e. The summed E-state index contributed by atoms with van der Waals surface area (Å²) in [7, 11) is 0. The van der Waals surface area contributed by atoms with Gasteiger partial charge in [0.25, 0.3) is 0 Å². The Bertz CT molecular complexity index is 307. The van der Waals surface area contributed by atoms with E-state index < -0.39 is 0 Å². The van der Waals surface area contributed by atoms with Gasteiger partial charge in [0.05, 0.1) is 32.5 Å². The Morgan fingerprint density at radius 3 is 1.59 bits per heavy atom. The van der Waals surface area contributed by atoms with E-state index in [0.717, 1.165) is 13.0 Å². The second kappa shape index (κ2) is 21.6. The molecule has 0 radical (unpaired) electrons. The second-order valence-electron chi connectivity index (χ2n) is 7.31. The molecular weight excluding hydrogens is 344 g/mol. The second-order valence-corrected chi connectivity index (χ2v) is 7.31. The lowest BCUT2D eigenvalue weighted by molar-refractivity contribution is -0.147. The molecule has 0 aromatic carbocycles. The fourth-order valence-electron chi connectivity index (χ4n) is 2.70. The summed E-state index contributed by atoms with van der Waals surface area (Å²) in [5, 5.41) is 0. The zero-order valence-electron chi connectivity index (χ0n) is 18.1. The van der Waals surface area contributed by atoms with Gasteiger partial charge in [-0.05, 0) is 26.7 Å². The van der Waals surface area contributed by atoms with Crippen molar-refractivity contribution < 1.29 is 23.7 Å². The fraction of sp³-hybridized carbons (Fsp3) is 0.955. The lowest BCUT2D eigenvalue weighted by Crippen LogP contribution is -2.13. The Labute approximate surface area is 167 Å². The largest absolute Gasteiger partial charge is 0.463 e. The lowest BCUT2D eigenvalue weighted by Gasteiger charge is -2.08. The summed E-state index contributed by atoms with van der Waals surface area (Å²) < 4.78 is 21.5. The van der Waals surface area contributed by atoms with E-state index in [4.69, 9.17) is 18.9 Å². The summed E-state index contributed by atoms with van der Waals surface area (Å²) in [5.74, 6) is -0.158. The number of hydrogen-bond acceptors (Lipinski definition) is 5. The van der Waals surface area contributed by atoms with Crippen LogP contribution in [0.25, 0.3) is 0 Å². The van der Waals surface area contributed by atoms with Gasteiger partial charge >= 0.3 is 5.97 Å². The minimum absolute atomic E-state index is 0.0469. The highest BCUT2D eigenvalue weighted by Gasteiger charge is 2.04. The van der Waals surface area contributed by atoms with Crippen LogP contribution in [0.4, 0.5) is 0 Å². The Hall–Kier alpha value is -0.650. The van der Waals surface area contributed by atoms with E-state index in [0.29, 0.717) is 45.9 Å². The van der Waals surface area contributed by atoms with E-state index in [1.807, 2.05) is 13.8 Å². The summed E-state index contributed by atoms with van der Waals surface area (Å²) in [4.78, 5) is 11.3. The average molecular weight is 389 g/mol. The molecule has 0 aromatic rings. The van der Waals surface area contributed by atoms with E-state index in [-0.39, 0.29) is 12.1 Å². The van der Waals surface area contributed by atoms with Crippen molar-refractivity contribution in [2.45, 2.75) is 97.5 Å². The molecular formula is C22H44O5. The van der Waals surface area contributed by atoms with Gasteiger partial charge < -0.3 is 18.9 Å². The third-order valence-corrected chi connectivity index (χ3v) is 4.17. The van der Waals surface area contributed by atoms with Crippen LogP contribution in [0.1, 0.15) is 91.4 Å². The zero-order valence-corrected chi connectivity index (χ0v) is 18.1. The van der Waals surface area contributed by atoms with Crippen molar-refractivity contribution >= 4 is 5.97 Å². The molecule has 0 amide bonds. The number of ether oxygens (including phenoxy) is 4. The van der Waals surface area contributed by atoms with Crippen LogP contribution in [0.3, 0.4) is 0 Å². The highest BCUT2D eigenvalue weighted by atomic mass is 16.5. The first-order chi connectivity index (χ1) is 13.2. The summed E-state index contributed by atoms with van der Waals surface area (Å²) in [6.07, 6.45) is 13.1. The number of hydrogen-bond donors (Lipinski definition) is 0. The molecule has 0 bridgehead atoms. The Balaban J connectivity index is 3.06. The van der Waals surface area contributed by atoms with Gasteiger partial charge in [-0.3, -0.25) is 4.79 Å². The average Bonchev–Trinajstić information content (AvgIpc) is 2.63. The maximum absolute atomic E-state index is 11.3. The highest BCUT2D eigenvalue weighted by Crippen LogP contribution is 2.09. The van der Waals surface area contributed by atoms with Crippen molar-refractivity contribution in [3.05, 3.63) is 0 Å².